The monoisotopic (exact) mass is 805 g/mol. The molecule has 0 unspecified atom stereocenters. The Balaban J connectivity index is 1.33. The summed E-state index contributed by atoms with van der Waals surface area (Å²) in [6, 6.07) is 37.7. The topological polar surface area (TPSA) is 111 Å². The van der Waals surface area contributed by atoms with Gasteiger partial charge < -0.3 is 9.13 Å². The predicted octanol–water partition coefficient (Wildman–Crippen LogP) is 11.7. The number of hydrogen-bond donors (Lipinski definition) is 0. The van der Waals surface area contributed by atoms with Crippen molar-refractivity contribution in [1.29, 1.82) is 5.26 Å². The second-order valence-electron chi connectivity index (χ2n) is 15.3. The van der Waals surface area contributed by atoms with Gasteiger partial charge in [0.25, 0.3) is 0 Å². The standard InChI is InChI=1S/C49H34F3N9/c1-26-18-34(22-35(19-26)49(50,51)52)46-44(60-40-12-8-6-10-36(40)38-23-32(14-16-42(38)60)47-56-27(2)54-28(3)57-47)20-31(25-53)21-45(46)61-41-13-9-7-11-37(41)39-24-33(15-17-43(39)61)48-58-29(4)55-30(5)59-48/h6-24H,1-5H3. The van der Waals surface area contributed by atoms with Crippen LogP contribution in [0.2, 0.25) is 0 Å². The maximum absolute atomic E-state index is 14.7. The number of fused-ring (bicyclic) bond motifs is 6. The molecule has 0 fully saturated rings. The Bertz CT molecular complexity index is 3270. The first-order valence-electron chi connectivity index (χ1n) is 19.6. The van der Waals surface area contributed by atoms with E-state index in [-0.39, 0.29) is 0 Å². The molecule has 10 rings (SSSR count). The first kappa shape index (κ1) is 37.5. The van der Waals surface area contributed by atoms with Crippen LogP contribution in [0.5, 0.6) is 0 Å². The van der Waals surface area contributed by atoms with Crippen molar-refractivity contribution in [2.75, 3.05) is 0 Å². The molecular weight excluding hydrogens is 772 g/mol. The van der Waals surface area contributed by atoms with Crippen LogP contribution in [-0.4, -0.2) is 39.0 Å². The summed E-state index contributed by atoms with van der Waals surface area (Å²) in [6.07, 6.45) is -4.61. The summed E-state index contributed by atoms with van der Waals surface area (Å²) in [5, 5.41) is 14.3. The molecule has 9 nitrogen and oxygen atoms in total. The van der Waals surface area contributed by atoms with Crippen LogP contribution < -0.4 is 0 Å². The van der Waals surface area contributed by atoms with Gasteiger partial charge >= 0.3 is 6.18 Å². The number of alkyl halides is 3. The van der Waals surface area contributed by atoms with Crippen molar-refractivity contribution in [2.45, 2.75) is 40.8 Å². The molecule has 4 aromatic heterocycles. The average molecular weight is 806 g/mol. The van der Waals surface area contributed by atoms with E-state index < -0.39 is 11.7 Å². The van der Waals surface area contributed by atoms with Crippen LogP contribution in [-0.2, 0) is 6.18 Å². The number of nitrogens with zero attached hydrogens (tertiary/aromatic N) is 9. The number of para-hydroxylation sites is 2. The van der Waals surface area contributed by atoms with E-state index >= 15 is 0 Å². The molecule has 0 aliphatic heterocycles. The highest BCUT2D eigenvalue weighted by atomic mass is 19.4. The molecule has 0 atom stereocenters. The third kappa shape index (κ3) is 6.33. The molecule has 0 aliphatic rings. The van der Waals surface area contributed by atoms with E-state index in [1.165, 1.54) is 6.07 Å². The fourth-order valence-electron chi connectivity index (χ4n) is 8.65. The van der Waals surface area contributed by atoms with Crippen LogP contribution in [0.4, 0.5) is 13.2 Å². The van der Waals surface area contributed by atoms with Crippen LogP contribution in [0.25, 0.3) is 88.9 Å². The minimum absolute atomic E-state index is 0.329. The van der Waals surface area contributed by atoms with Crippen LogP contribution in [0, 0.1) is 45.9 Å². The summed E-state index contributed by atoms with van der Waals surface area (Å²) in [5.74, 6) is 3.47. The largest absolute Gasteiger partial charge is 0.416 e. The molecule has 12 heteroatoms. The van der Waals surface area contributed by atoms with Crippen molar-refractivity contribution in [1.82, 2.24) is 39.0 Å². The fourth-order valence-corrected chi connectivity index (χ4v) is 8.65. The lowest BCUT2D eigenvalue weighted by molar-refractivity contribution is -0.137. The lowest BCUT2D eigenvalue weighted by atomic mass is 9.95. The van der Waals surface area contributed by atoms with Crippen LogP contribution in [0.3, 0.4) is 0 Å². The number of rotatable bonds is 5. The Hall–Kier alpha value is -7.78. The van der Waals surface area contributed by atoms with Crippen molar-refractivity contribution < 1.29 is 13.2 Å². The molecule has 0 amide bonds. The zero-order valence-electron chi connectivity index (χ0n) is 33.6. The SMILES string of the molecule is Cc1cc(-c2c(-n3c4ccccc4c4cc(-c5nc(C)nc(C)n5)ccc43)cc(C#N)cc2-n2c3ccccc3c3cc(-c4nc(C)nc(C)n4)ccc32)cc(C(F)(F)F)c1. The Labute approximate surface area is 347 Å². The van der Waals surface area contributed by atoms with Gasteiger partial charge in [-0.1, -0.05) is 42.5 Å². The average Bonchev–Trinajstić information content (AvgIpc) is 3.74. The Morgan fingerprint density at radius 1 is 0.475 bits per heavy atom. The molecule has 296 valence electrons. The highest BCUT2D eigenvalue weighted by Gasteiger charge is 2.32. The molecule has 6 aromatic carbocycles. The molecule has 0 saturated heterocycles. The maximum atomic E-state index is 14.7. The molecule has 0 bridgehead atoms. The summed E-state index contributed by atoms with van der Waals surface area (Å²) in [7, 11) is 0. The number of nitriles is 1. The van der Waals surface area contributed by atoms with E-state index in [0.717, 1.165) is 60.8 Å². The van der Waals surface area contributed by atoms with Gasteiger partial charge in [0.05, 0.1) is 50.6 Å². The van der Waals surface area contributed by atoms with E-state index in [9.17, 15) is 18.4 Å². The second-order valence-corrected chi connectivity index (χ2v) is 15.3. The highest BCUT2D eigenvalue weighted by molar-refractivity contribution is 6.13. The molecular formula is C49H34F3N9. The Kier molecular flexibility index (Phi) is 8.55. The molecule has 61 heavy (non-hydrogen) atoms. The zero-order chi connectivity index (χ0) is 42.3. The van der Waals surface area contributed by atoms with Gasteiger partial charge in [0.2, 0.25) is 0 Å². The summed E-state index contributed by atoms with van der Waals surface area (Å²) in [5.41, 5.74) is 6.69. The smallest absolute Gasteiger partial charge is 0.308 e. The Morgan fingerprint density at radius 2 is 0.918 bits per heavy atom. The molecule has 10 aromatic rings. The van der Waals surface area contributed by atoms with E-state index in [4.69, 9.17) is 0 Å². The van der Waals surface area contributed by atoms with Gasteiger partial charge in [-0.2, -0.15) is 18.4 Å². The minimum Gasteiger partial charge on any atom is -0.308 e. The first-order chi connectivity index (χ1) is 29.3. The van der Waals surface area contributed by atoms with Crippen molar-refractivity contribution in [2.24, 2.45) is 0 Å². The third-order valence-electron chi connectivity index (χ3n) is 11.0. The molecule has 0 spiro atoms. The predicted molar refractivity (Wildman–Crippen MR) is 232 cm³/mol. The molecule has 4 heterocycles. The van der Waals surface area contributed by atoms with Gasteiger partial charge in [0.1, 0.15) is 23.3 Å². The van der Waals surface area contributed by atoms with E-state index in [1.807, 2.05) is 122 Å². The summed E-state index contributed by atoms with van der Waals surface area (Å²) < 4.78 is 48.3. The molecule has 0 aliphatic carbocycles. The van der Waals surface area contributed by atoms with Crippen molar-refractivity contribution in [3.05, 3.63) is 155 Å². The van der Waals surface area contributed by atoms with E-state index in [0.29, 0.717) is 68.6 Å². The fraction of sp³-hybridized carbons (Fsp3) is 0.122. The number of aryl methyl sites for hydroxylation is 5. The Morgan fingerprint density at radius 3 is 1.36 bits per heavy atom. The number of halogens is 3. The van der Waals surface area contributed by atoms with Crippen LogP contribution in [0.15, 0.2) is 115 Å². The summed E-state index contributed by atoms with van der Waals surface area (Å²) in [6.45, 7) is 8.97. The maximum Gasteiger partial charge on any atom is 0.416 e. The molecule has 0 radical (unpaired) electrons. The zero-order valence-corrected chi connectivity index (χ0v) is 33.6. The van der Waals surface area contributed by atoms with Gasteiger partial charge in [-0.15, -0.1) is 0 Å². The first-order valence-corrected chi connectivity index (χ1v) is 19.6. The van der Waals surface area contributed by atoms with Gasteiger partial charge in [0, 0.05) is 38.2 Å². The van der Waals surface area contributed by atoms with Crippen molar-refractivity contribution in [3.8, 4) is 51.3 Å². The van der Waals surface area contributed by atoms with E-state index in [2.05, 4.69) is 36.0 Å². The minimum atomic E-state index is -4.61. The summed E-state index contributed by atoms with van der Waals surface area (Å²) >= 11 is 0. The van der Waals surface area contributed by atoms with Gasteiger partial charge in [-0.05, 0) is 119 Å². The van der Waals surface area contributed by atoms with Crippen molar-refractivity contribution in [3.63, 3.8) is 0 Å². The van der Waals surface area contributed by atoms with Crippen molar-refractivity contribution >= 4 is 43.6 Å². The number of aromatic nitrogens is 8. The van der Waals surface area contributed by atoms with Gasteiger partial charge in [0.15, 0.2) is 11.6 Å². The lowest BCUT2D eigenvalue weighted by Gasteiger charge is -2.22. The van der Waals surface area contributed by atoms with Crippen LogP contribution in [0.1, 0.15) is 40.0 Å². The number of hydrogen-bond acceptors (Lipinski definition) is 7. The molecule has 0 N–H and O–H groups in total. The van der Waals surface area contributed by atoms with Crippen LogP contribution >= 0.6 is 0 Å². The lowest BCUT2D eigenvalue weighted by Crippen LogP contribution is -2.08. The highest BCUT2D eigenvalue weighted by Crippen LogP contribution is 2.45. The third-order valence-corrected chi connectivity index (χ3v) is 11.0. The van der Waals surface area contributed by atoms with Gasteiger partial charge in [-0.3, -0.25) is 0 Å². The summed E-state index contributed by atoms with van der Waals surface area (Å²) in [4.78, 5) is 27.2. The number of benzene rings is 6. The quantitative estimate of drug-likeness (QED) is 0.170. The second kappa shape index (κ2) is 13.9. The normalized spacial score (nSPS) is 11.9. The van der Waals surface area contributed by atoms with Gasteiger partial charge in [-0.25, -0.2) is 29.9 Å². The van der Waals surface area contributed by atoms with E-state index in [1.54, 1.807) is 25.1 Å². The molecule has 0 saturated carbocycles.